The lowest BCUT2D eigenvalue weighted by molar-refractivity contribution is 0.600. The number of benzene rings is 1. The maximum absolute atomic E-state index is 12.1. The van der Waals surface area contributed by atoms with Crippen LogP contribution >= 0.6 is 0 Å². The second kappa shape index (κ2) is 4.62. The van der Waals surface area contributed by atoms with Gasteiger partial charge < -0.3 is 0 Å². The molecule has 0 aliphatic carbocycles. The maximum atomic E-state index is 12.1. The van der Waals surface area contributed by atoms with Crippen molar-refractivity contribution in [3.63, 3.8) is 0 Å². The first-order valence-corrected chi connectivity index (χ1v) is 6.45. The third-order valence-electron chi connectivity index (χ3n) is 2.26. The van der Waals surface area contributed by atoms with E-state index in [0.29, 0.717) is 16.2 Å². The smallest absolute Gasteiger partial charge is 0.202 e. The van der Waals surface area contributed by atoms with Gasteiger partial charge in [-0.2, -0.15) is 0 Å². The van der Waals surface area contributed by atoms with Crippen LogP contribution in [0, 0.1) is 0 Å². The minimum atomic E-state index is -3.27. The van der Waals surface area contributed by atoms with Crippen molar-refractivity contribution < 1.29 is 8.42 Å². The zero-order valence-corrected chi connectivity index (χ0v) is 10.1. The summed E-state index contributed by atoms with van der Waals surface area (Å²) in [6.07, 6.45) is 0.541. The number of rotatable bonds is 3. The predicted molar refractivity (Wildman–Crippen MR) is 62.3 cm³/mol. The summed E-state index contributed by atoms with van der Waals surface area (Å²) in [4.78, 5) is 0.900. The number of hydrogen-bond acceptors (Lipinski definition) is 2. The van der Waals surface area contributed by atoms with Gasteiger partial charge in [0.1, 0.15) is 0 Å². The largest absolute Gasteiger partial charge is 0.219 e. The van der Waals surface area contributed by atoms with Crippen LogP contribution in [0.3, 0.4) is 0 Å². The topological polar surface area (TPSA) is 34.1 Å². The van der Waals surface area contributed by atoms with E-state index in [1.54, 1.807) is 24.3 Å². The minimum absolute atomic E-state index is 0.378. The van der Waals surface area contributed by atoms with Crippen LogP contribution in [0.4, 0.5) is 0 Å². The molecular formula is C12H16O2S. The molecule has 0 saturated heterocycles. The molecule has 0 aromatic heterocycles. The lowest BCUT2D eigenvalue weighted by Gasteiger charge is -2.08. The van der Waals surface area contributed by atoms with E-state index in [2.05, 4.69) is 0 Å². The molecule has 1 aromatic carbocycles. The summed E-state index contributed by atoms with van der Waals surface area (Å²) in [6.45, 7) is 5.53. The Morgan fingerprint density at radius 2 is 1.67 bits per heavy atom. The van der Waals surface area contributed by atoms with Crippen molar-refractivity contribution in [1.29, 1.82) is 0 Å². The molecule has 0 unspecified atom stereocenters. The molecule has 0 amide bonds. The van der Waals surface area contributed by atoms with E-state index < -0.39 is 9.84 Å². The Morgan fingerprint density at radius 1 is 1.13 bits per heavy atom. The Kier molecular flexibility index (Phi) is 3.69. The molecule has 0 aliphatic rings. The van der Waals surface area contributed by atoms with E-state index >= 15 is 0 Å². The van der Waals surface area contributed by atoms with E-state index in [4.69, 9.17) is 0 Å². The molecule has 0 saturated carbocycles. The first-order chi connectivity index (χ1) is 7.00. The number of hydrogen-bond donors (Lipinski definition) is 0. The highest BCUT2D eigenvalue weighted by atomic mass is 32.2. The summed E-state index contributed by atoms with van der Waals surface area (Å²) in [5, 5.41) is 0. The molecule has 15 heavy (non-hydrogen) atoms. The number of sulfone groups is 1. The molecule has 0 spiro atoms. The summed E-state index contributed by atoms with van der Waals surface area (Å²) in [7, 11) is -3.27. The first-order valence-electron chi connectivity index (χ1n) is 4.96. The lowest BCUT2D eigenvalue weighted by atomic mass is 10.3. The quantitative estimate of drug-likeness (QED) is 0.790. The predicted octanol–water partition coefficient (Wildman–Crippen LogP) is 3.16. The Labute approximate surface area is 91.6 Å². The first kappa shape index (κ1) is 12.0. The zero-order chi connectivity index (χ0) is 11.5. The molecule has 0 heterocycles. The van der Waals surface area contributed by atoms with Gasteiger partial charge in [-0.05, 0) is 32.4 Å². The SMILES string of the molecule is CCC(=C(C)C)S(=O)(=O)c1ccccc1. The molecule has 82 valence electrons. The van der Waals surface area contributed by atoms with Crippen LogP contribution in [-0.4, -0.2) is 8.42 Å². The molecule has 2 nitrogen and oxygen atoms in total. The van der Waals surface area contributed by atoms with Gasteiger partial charge in [-0.1, -0.05) is 30.7 Å². The highest BCUT2D eigenvalue weighted by molar-refractivity contribution is 7.95. The van der Waals surface area contributed by atoms with Gasteiger partial charge >= 0.3 is 0 Å². The highest BCUT2D eigenvalue weighted by Gasteiger charge is 2.19. The van der Waals surface area contributed by atoms with Gasteiger partial charge in [0.2, 0.25) is 9.84 Å². The van der Waals surface area contributed by atoms with Crippen LogP contribution in [0.5, 0.6) is 0 Å². The van der Waals surface area contributed by atoms with Crippen LogP contribution in [0.2, 0.25) is 0 Å². The molecular weight excluding hydrogens is 208 g/mol. The standard InChI is InChI=1S/C12H16O2S/c1-4-12(10(2)3)15(13,14)11-8-6-5-7-9-11/h5-9H,4H2,1-3H3. The number of allylic oxidation sites excluding steroid dienone is 2. The van der Waals surface area contributed by atoms with Gasteiger partial charge in [-0.15, -0.1) is 0 Å². The molecule has 0 fully saturated rings. The third kappa shape index (κ3) is 2.48. The fourth-order valence-electron chi connectivity index (χ4n) is 1.55. The van der Waals surface area contributed by atoms with E-state index in [1.165, 1.54) is 0 Å². The van der Waals surface area contributed by atoms with Crippen LogP contribution in [0.25, 0.3) is 0 Å². The zero-order valence-electron chi connectivity index (χ0n) is 9.32. The van der Waals surface area contributed by atoms with Gasteiger partial charge in [0.05, 0.1) is 4.90 Å². The molecule has 3 heteroatoms. The van der Waals surface area contributed by atoms with Crippen molar-refractivity contribution in [3.8, 4) is 0 Å². The minimum Gasteiger partial charge on any atom is -0.219 e. The van der Waals surface area contributed by atoms with E-state index in [0.717, 1.165) is 5.57 Å². The second-order valence-electron chi connectivity index (χ2n) is 3.59. The average molecular weight is 224 g/mol. The Bertz CT molecular complexity index is 452. The third-order valence-corrected chi connectivity index (χ3v) is 4.50. The van der Waals surface area contributed by atoms with Crippen LogP contribution in [-0.2, 0) is 9.84 Å². The summed E-state index contributed by atoms with van der Waals surface area (Å²) < 4.78 is 24.3. The van der Waals surface area contributed by atoms with Gasteiger partial charge in [0, 0.05) is 4.91 Å². The molecule has 0 aliphatic heterocycles. The average Bonchev–Trinajstić information content (AvgIpc) is 2.19. The fourth-order valence-corrected chi connectivity index (χ4v) is 3.27. The summed E-state index contributed by atoms with van der Waals surface area (Å²) in [6, 6.07) is 8.56. The van der Waals surface area contributed by atoms with Gasteiger partial charge in [-0.3, -0.25) is 0 Å². The van der Waals surface area contributed by atoms with Crippen molar-refractivity contribution in [2.75, 3.05) is 0 Å². The van der Waals surface area contributed by atoms with Crippen molar-refractivity contribution in [3.05, 3.63) is 40.8 Å². The van der Waals surface area contributed by atoms with Gasteiger partial charge in [0.25, 0.3) is 0 Å². The Hall–Kier alpha value is -1.09. The molecule has 0 bridgehead atoms. The van der Waals surface area contributed by atoms with E-state index in [-0.39, 0.29) is 0 Å². The highest BCUT2D eigenvalue weighted by Crippen LogP contribution is 2.23. The van der Waals surface area contributed by atoms with Gasteiger partial charge in [0.15, 0.2) is 0 Å². The maximum Gasteiger partial charge on any atom is 0.202 e. The lowest BCUT2D eigenvalue weighted by Crippen LogP contribution is -2.05. The van der Waals surface area contributed by atoms with Crippen molar-refractivity contribution in [2.24, 2.45) is 0 Å². The summed E-state index contributed by atoms with van der Waals surface area (Å²) in [5.41, 5.74) is 0.862. The normalized spacial score (nSPS) is 11.1. The fraction of sp³-hybridized carbons (Fsp3) is 0.333. The van der Waals surface area contributed by atoms with Crippen LogP contribution < -0.4 is 0 Å². The molecule has 1 aromatic rings. The van der Waals surface area contributed by atoms with Crippen LogP contribution in [0.1, 0.15) is 27.2 Å². The Balaban J connectivity index is 3.32. The van der Waals surface area contributed by atoms with Crippen molar-refractivity contribution >= 4 is 9.84 Å². The van der Waals surface area contributed by atoms with Gasteiger partial charge in [-0.25, -0.2) is 8.42 Å². The molecule has 0 radical (unpaired) electrons. The Morgan fingerprint density at radius 3 is 2.07 bits per heavy atom. The van der Waals surface area contributed by atoms with Crippen molar-refractivity contribution in [2.45, 2.75) is 32.1 Å². The molecule has 0 atom stereocenters. The molecule has 1 rings (SSSR count). The van der Waals surface area contributed by atoms with Crippen molar-refractivity contribution in [1.82, 2.24) is 0 Å². The van der Waals surface area contributed by atoms with E-state index in [1.807, 2.05) is 26.8 Å². The van der Waals surface area contributed by atoms with E-state index in [9.17, 15) is 8.42 Å². The van der Waals surface area contributed by atoms with Crippen LogP contribution in [0.15, 0.2) is 45.7 Å². The molecule has 0 N–H and O–H groups in total. The second-order valence-corrected chi connectivity index (χ2v) is 5.56. The monoisotopic (exact) mass is 224 g/mol. The summed E-state index contributed by atoms with van der Waals surface area (Å²) >= 11 is 0. The summed E-state index contributed by atoms with van der Waals surface area (Å²) in [5.74, 6) is 0.